The third-order valence-corrected chi connectivity index (χ3v) is 0.417. The summed E-state index contributed by atoms with van der Waals surface area (Å²) in [6.07, 6.45) is 3.47. The van der Waals surface area contributed by atoms with Gasteiger partial charge in [0.2, 0.25) is 0 Å². The van der Waals surface area contributed by atoms with Gasteiger partial charge in [-0.2, -0.15) is 0 Å². The minimum absolute atomic E-state index is 1.69. The van der Waals surface area contributed by atoms with Gasteiger partial charge in [0.25, 0.3) is 0 Å². The Balaban J connectivity index is 2.92. The van der Waals surface area contributed by atoms with Gasteiger partial charge in [0, 0.05) is 0 Å². The van der Waals surface area contributed by atoms with Crippen molar-refractivity contribution in [2.45, 2.75) is 0 Å². The monoisotopic (exact) mass is 109 g/mol. The van der Waals surface area contributed by atoms with Gasteiger partial charge < -0.3 is 0 Å². The molecule has 5 heavy (non-hydrogen) atoms. The van der Waals surface area contributed by atoms with Gasteiger partial charge in [-0.05, 0) is 0 Å². The third kappa shape index (κ3) is 4.00. The third-order valence-electron chi connectivity index (χ3n) is 0.204. The maximum atomic E-state index is 3.42. The van der Waals surface area contributed by atoms with Gasteiger partial charge in [0.15, 0.2) is 0 Å². The molecule has 0 unspecified atom stereocenters. The molecule has 0 rings (SSSR count). The van der Waals surface area contributed by atoms with Crippen LogP contribution in [0.3, 0.4) is 0 Å². The van der Waals surface area contributed by atoms with Gasteiger partial charge in [-0.25, -0.2) is 0 Å². The molecule has 0 aromatic rings. The Labute approximate surface area is 40.2 Å². The molecule has 0 nitrogen and oxygen atoms in total. The molecule has 0 aromatic carbocycles. The van der Waals surface area contributed by atoms with Crippen LogP contribution >= 0.6 is 0 Å². The van der Waals surface area contributed by atoms with Crippen LogP contribution in [-0.4, -0.2) is 4.92 Å². The average Bonchev–Trinajstić information content (AvgIpc) is 1.41. The average molecular weight is 109 g/mol. The molecule has 0 aliphatic rings. The molecule has 0 aromatic heterocycles. The molecular formula is C4H5Fe. The first kappa shape index (κ1) is 5.00. The van der Waals surface area contributed by atoms with Gasteiger partial charge in [0.05, 0.1) is 0 Å². The van der Waals surface area contributed by atoms with Crippen LogP contribution in [-0.2, 0) is 15.6 Å². The molecule has 0 fully saturated rings. The molecular weight excluding hydrogens is 104 g/mol. The van der Waals surface area contributed by atoms with Crippen molar-refractivity contribution in [3.63, 3.8) is 0 Å². The summed E-state index contributed by atoms with van der Waals surface area (Å²) in [6.45, 7) is 3.42. The van der Waals surface area contributed by atoms with Crippen molar-refractivity contribution in [2.75, 3.05) is 0 Å². The molecule has 0 heterocycles. The molecule has 29 valence electrons. The van der Waals surface area contributed by atoms with Crippen LogP contribution in [0.5, 0.6) is 0 Å². The zero-order chi connectivity index (χ0) is 4.12. The van der Waals surface area contributed by atoms with Crippen LogP contribution in [0.4, 0.5) is 0 Å². The van der Waals surface area contributed by atoms with Crippen LogP contribution in [0, 0.1) is 6.92 Å². The van der Waals surface area contributed by atoms with E-state index in [9.17, 15) is 0 Å². The summed E-state index contributed by atoms with van der Waals surface area (Å²) in [5.74, 6) is 0. The van der Waals surface area contributed by atoms with Gasteiger partial charge in [-0.1, -0.05) is 0 Å². The first-order valence-corrected chi connectivity index (χ1v) is 1.92. The predicted molar refractivity (Wildman–Crippen MR) is 20.6 cm³/mol. The molecule has 0 aliphatic heterocycles. The normalized spacial score (nSPS) is 8.80. The van der Waals surface area contributed by atoms with E-state index in [2.05, 4.69) is 22.5 Å². The van der Waals surface area contributed by atoms with Gasteiger partial charge in [-0.3, -0.25) is 0 Å². The van der Waals surface area contributed by atoms with Gasteiger partial charge in [0.1, 0.15) is 0 Å². The Morgan fingerprint density at radius 2 is 2.20 bits per heavy atom. The second-order valence-electron chi connectivity index (χ2n) is 0.546. The van der Waals surface area contributed by atoms with Crippen LogP contribution in [0.2, 0.25) is 0 Å². The fourth-order valence-electron chi connectivity index (χ4n) is 0.0481. The van der Waals surface area contributed by atoms with Gasteiger partial charge >= 0.3 is 39.6 Å². The zero-order valence-electron chi connectivity index (χ0n) is 2.79. The van der Waals surface area contributed by atoms with E-state index >= 15 is 0 Å². The van der Waals surface area contributed by atoms with E-state index in [4.69, 9.17) is 0 Å². The van der Waals surface area contributed by atoms with Crippen LogP contribution in [0.1, 0.15) is 0 Å². The second-order valence-corrected chi connectivity index (χ2v) is 0.914. The number of hydrogen-bond acceptors (Lipinski definition) is 0. The summed E-state index contributed by atoms with van der Waals surface area (Å²) >= 11 is 3.42. The van der Waals surface area contributed by atoms with Crippen molar-refractivity contribution in [2.24, 2.45) is 0 Å². The van der Waals surface area contributed by atoms with E-state index in [0.29, 0.717) is 0 Å². The number of allylic oxidation sites excluding steroid dienone is 2. The number of rotatable bonds is 1. The quantitative estimate of drug-likeness (QED) is 0.344. The molecule has 0 atom stereocenters. The SMILES string of the molecule is [CH2-]/C=C\[CH]=[Fe+]. The predicted octanol–water partition coefficient (Wildman–Crippen LogP) is 0.726. The van der Waals surface area contributed by atoms with Crippen molar-refractivity contribution in [1.29, 1.82) is 0 Å². The molecule has 0 amide bonds. The number of hydrogen-bond donors (Lipinski definition) is 0. The molecule has 0 bridgehead atoms. The Bertz CT molecular complexity index is 45.6. The van der Waals surface area contributed by atoms with Crippen molar-refractivity contribution in [3.8, 4) is 0 Å². The summed E-state index contributed by atoms with van der Waals surface area (Å²) in [6, 6.07) is 0. The van der Waals surface area contributed by atoms with Crippen LogP contribution in [0.25, 0.3) is 0 Å². The van der Waals surface area contributed by atoms with Gasteiger partial charge in [-0.15, -0.1) is 0 Å². The Morgan fingerprint density at radius 3 is 2.20 bits per heavy atom. The minimum atomic E-state index is 1.69. The standard InChI is InChI=1S/C4H5.Fe/c1-3-4-2;/h1,3-4H,2H2;/q-1;+1/b4-3-;. The first-order chi connectivity index (χ1) is 2.41. The van der Waals surface area contributed by atoms with Crippen molar-refractivity contribution in [3.05, 3.63) is 19.1 Å². The summed E-state index contributed by atoms with van der Waals surface area (Å²) in [4.78, 5) is 1.69. The van der Waals surface area contributed by atoms with E-state index in [1.54, 1.807) is 17.1 Å². The Hall–Kier alpha value is -0.000519. The fraction of sp³-hybridized carbons (Fsp3) is 0. The molecule has 0 saturated heterocycles. The maximum absolute atomic E-state index is 3.42. The summed E-state index contributed by atoms with van der Waals surface area (Å²) in [5.41, 5.74) is 0. The summed E-state index contributed by atoms with van der Waals surface area (Å²) in [7, 11) is 0. The molecule has 0 saturated carbocycles. The van der Waals surface area contributed by atoms with E-state index in [0.717, 1.165) is 0 Å². The van der Waals surface area contributed by atoms with E-state index in [1.165, 1.54) is 0 Å². The van der Waals surface area contributed by atoms with Crippen molar-refractivity contribution < 1.29 is 15.6 Å². The molecule has 1 heteroatoms. The van der Waals surface area contributed by atoms with Crippen molar-refractivity contribution >= 4 is 4.92 Å². The molecule has 0 N–H and O–H groups in total. The second kappa shape index (κ2) is 4.00. The van der Waals surface area contributed by atoms with Crippen LogP contribution < -0.4 is 0 Å². The van der Waals surface area contributed by atoms with E-state index in [1.807, 2.05) is 0 Å². The first-order valence-electron chi connectivity index (χ1n) is 1.28. The molecule has 0 radical (unpaired) electrons. The molecule has 0 aliphatic carbocycles. The fourth-order valence-corrected chi connectivity index (χ4v) is 0.198. The Kier molecular flexibility index (Phi) is 4.00. The Morgan fingerprint density at radius 1 is 1.60 bits per heavy atom. The summed E-state index contributed by atoms with van der Waals surface area (Å²) < 4.78 is 0. The molecule has 0 spiro atoms. The van der Waals surface area contributed by atoms with E-state index < -0.39 is 0 Å². The van der Waals surface area contributed by atoms with Crippen LogP contribution in [0.15, 0.2) is 12.2 Å². The van der Waals surface area contributed by atoms with Crippen molar-refractivity contribution in [1.82, 2.24) is 0 Å². The zero-order valence-corrected chi connectivity index (χ0v) is 3.90. The summed E-state index contributed by atoms with van der Waals surface area (Å²) in [5, 5.41) is 0. The topological polar surface area (TPSA) is 0 Å². The van der Waals surface area contributed by atoms with E-state index in [-0.39, 0.29) is 0 Å².